The molecule has 1 N–H and O–H groups in total. The van der Waals surface area contributed by atoms with Gasteiger partial charge in [0, 0.05) is 32.2 Å². The van der Waals surface area contributed by atoms with Crippen LogP contribution in [0.25, 0.3) is 0 Å². The lowest BCUT2D eigenvalue weighted by Gasteiger charge is -2.38. The first-order valence-corrected chi connectivity index (χ1v) is 6.94. The number of carbonyl (C=O) groups excluding carboxylic acids is 1. The quantitative estimate of drug-likeness (QED) is 0.770. The summed E-state index contributed by atoms with van der Waals surface area (Å²) in [6.45, 7) is 9.29. The third kappa shape index (κ3) is 3.19. The molecular weight excluding hydrogens is 214 g/mol. The van der Waals surface area contributed by atoms with Crippen LogP contribution >= 0.6 is 0 Å². The van der Waals surface area contributed by atoms with E-state index >= 15 is 0 Å². The van der Waals surface area contributed by atoms with E-state index in [0.717, 1.165) is 39.1 Å². The summed E-state index contributed by atoms with van der Waals surface area (Å²) in [5.41, 5.74) is 0. The van der Waals surface area contributed by atoms with E-state index in [1.54, 1.807) is 0 Å². The molecule has 2 aliphatic heterocycles. The molecule has 0 bridgehead atoms. The van der Waals surface area contributed by atoms with Gasteiger partial charge in [0.25, 0.3) is 0 Å². The average Bonchev–Trinajstić information content (AvgIpc) is 2.39. The van der Waals surface area contributed by atoms with Crippen molar-refractivity contribution in [2.24, 2.45) is 0 Å². The van der Waals surface area contributed by atoms with Crippen molar-refractivity contribution in [1.29, 1.82) is 0 Å². The highest BCUT2D eigenvalue weighted by atomic mass is 16.2. The number of piperidine rings is 1. The SMILES string of the molecule is CC(C)N1CCN(C(=O)C2CCCCN2)CC1. The summed E-state index contributed by atoms with van der Waals surface area (Å²) < 4.78 is 0. The highest BCUT2D eigenvalue weighted by Gasteiger charge is 2.28. The Hall–Kier alpha value is -0.610. The summed E-state index contributed by atoms with van der Waals surface area (Å²) in [6.07, 6.45) is 3.42. The van der Waals surface area contributed by atoms with E-state index in [-0.39, 0.29) is 6.04 Å². The summed E-state index contributed by atoms with van der Waals surface area (Å²) in [5.74, 6) is 0.327. The number of amides is 1. The molecule has 0 aromatic rings. The lowest BCUT2D eigenvalue weighted by Crippen LogP contribution is -2.55. The van der Waals surface area contributed by atoms with Gasteiger partial charge >= 0.3 is 0 Å². The van der Waals surface area contributed by atoms with E-state index in [4.69, 9.17) is 0 Å². The molecule has 4 heteroatoms. The summed E-state index contributed by atoms with van der Waals surface area (Å²) >= 11 is 0. The van der Waals surface area contributed by atoms with E-state index in [1.807, 2.05) is 4.90 Å². The van der Waals surface area contributed by atoms with Gasteiger partial charge in [-0.15, -0.1) is 0 Å². The van der Waals surface area contributed by atoms with Gasteiger partial charge in [-0.05, 0) is 33.2 Å². The number of hydrogen-bond acceptors (Lipinski definition) is 3. The Morgan fingerprint density at radius 1 is 1.18 bits per heavy atom. The smallest absolute Gasteiger partial charge is 0.239 e. The Morgan fingerprint density at radius 3 is 2.41 bits per heavy atom. The first-order chi connectivity index (χ1) is 8.18. The second-order valence-corrected chi connectivity index (χ2v) is 5.46. The number of rotatable bonds is 2. The third-order valence-electron chi connectivity index (χ3n) is 3.96. The standard InChI is InChI=1S/C13H25N3O/c1-11(2)15-7-9-16(10-8-15)13(17)12-5-3-4-6-14-12/h11-12,14H,3-10H2,1-2H3. The van der Waals surface area contributed by atoms with Crippen molar-refractivity contribution in [2.45, 2.75) is 45.2 Å². The van der Waals surface area contributed by atoms with Crippen LogP contribution in [0.1, 0.15) is 33.1 Å². The number of nitrogens with zero attached hydrogens (tertiary/aromatic N) is 2. The minimum atomic E-state index is 0.0920. The van der Waals surface area contributed by atoms with Crippen LogP contribution in [0.15, 0.2) is 0 Å². The zero-order valence-corrected chi connectivity index (χ0v) is 11.1. The molecule has 98 valence electrons. The van der Waals surface area contributed by atoms with Crippen LogP contribution < -0.4 is 5.32 Å². The Bertz CT molecular complexity index is 253. The van der Waals surface area contributed by atoms with Crippen LogP contribution in [0, 0.1) is 0 Å². The maximum Gasteiger partial charge on any atom is 0.239 e. The van der Waals surface area contributed by atoms with Crippen LogP contribution in [0.2, 0.25) is 0 Å². The first-order valence-electron chi connectivity index (χ1n) is 6.94. The van der Waals surface area contributed by atoms with Crippen LogP contribution in [-0.2, 0) is 4.79 Å². The number of nitrogens with one attached hydrogen (secondary N) is 1. The monoisotopic (exact) mass is 239 g/mol. The molecule has 17 heavy (non-hydrogen) atoms. The fourth-order valence-electron chi connectivity index (χ4n) is 2.74. The fraction of sp³-hybridized carbons (Fsp3) is 0.923. The van der Waals surface area contributed by atoms with Crippen molar-refractivity contribution >= 4 is 5.91 Å². The molecule has 2 aliphatic rings. The zero-order valence-electron chi connectivity index (χ0n) is 11.1. The Labute approximate surface area is 104 Å². The molecule has 1 amide bonds. The predicted molar refractivity (Wildman–Crippen MR) is 68.9 cm³/mol. The largest absolute Gasteiger partial charge is 0.339 e. The molecule has 0 aromatic carbocycles. The molecule has 0 spiro atoms. The molecule has 0 aliphatic carbocycles. The van der Waals surface area contributed by atoms with Crippen LogP contribution in [0.4, 0.5) is 0 Å². The maximum absolute atomic E-state index is 12.3. The molecule has 2 rings (SSSR count). The highest BCUT2D eigenvalue weighted by molar-refractivity contribution is 5.82. The molecule has 2 saturated heterocycles. The van der Waals surface area contributed by atoms with Gasteiger partial charge in [-0.1, -0.05) is 6.42 Å². The van der Waals surface area contributed by atoms with Crippen molar-refractivity contribution < 1.29 is 4.79 Å². The second kappa shape index (κ2) is 5.83. The van der Waals surface area contributed by atoms with E-state index in [9.17, 15) is 4.79 Å². The molecular formula is C13H25N3O. The fourth-order valence-corrected chi connectivity index (χ4v) is 2.74. The molecule has 0 saturated carbocycles. The first kappa shape index (κ1) is 12.8. The summed E-state index contributed by atoms with van der Waals surface area (Å²) in [7, 11) is 0. The van der Waals surface area contributed by atoms with Gasteiger partial charge in [0.1, 0.15) is 0 Å². The van der Waals surface area contributed by atoms with E-state index in [2.05, 4.69) is 24.1 Å². The van der Waals surface area contributed by atoms with Gasteiger partial charge in [0.05, 0.1) is 6.04 Å². The molecule has 1 atom stereocenters. The van der Waals surface area contributed by atoms with Gasteiger partial charge in [-0.3, -0.25) is 9.69 Å². The third-order valence-corrected chi connectivity index (χ3v) is 3.96. The number of hydrogen-bond donors (Lipinski definition) is 1. The molecule has 0 radical (unpaired) electrons. The van der Waals surface area contributed by atoms with Crippen molar-refractivity contribution in [3.8, 4) is 0 Å². The van der Waals surface area contributed by atoms with Crippen LogP contribution in [-0.4, -0.2) is 60.5 Å². The highest BCUT2D eigenvalue weighted by Crippen LogP contribution is 2.12. The van der Waals surface area contributed by atoms with Crippen molar-refractivity contribution in [2.75, 3.05) is 32.7 Å². The maximum atomic E-state index is 12.3. The van der Waals surface area contributed by atoms with Gasteiger partial charge in [-0.2, -0.15) is 0 Å². The number of carbonyl (C=O) groups is 1. The van der Waals surface area contributed by atoms with Crippen LogP contribution in [0.3, 0.4) is 0 Å². The Balaban J connectivity index is 1.81. The minimum Gasteiger partial charge on any atom is -0.339 e. The van der Waals surface area contributed by atoms with Crippen molar-refractivity contribution in [3.63, 3.8) is 0 Å². The van der Waals surface area contributed by atoms with E-state index in [0.29, 0.717) is 11.9 Å². The van der Waals surface area contributed by atoms with Gasteiger partial charge in [0.15, 0.2) is 0 Å². The number of piperazine rings is 1. The summed E-state index contributed by atoms with van der Waals surface area (Å²) in [5, 5.41) is 3.35. The average molecular weight is 239 g/mol. The van der Waals surface area contributed by atoms with Crippen molar-refractivity contribution in [3.05, 3.63) is 0 Å². The summed E-state index contributed by atoms with van der Waals surface area (Å²) in [6, 6.07) is 0.689. The second-order valence-electron chi connectivity index (χ2n) is 5.46. The van der Waals surface area contributed by atoms with Gasteiger partial charge in [-0.25, -0.2) is 0 Å². The van der Waals surface area contributed by atoms with Crippen molar-refractivity contribution in [1.82, 2.24) is 15.1 Å². The van der Waals surface area contributed by atoms with E-state index < -0.39 is 0 Å². The summed E-state index contributed by atoms with van der Waals surface area (Å²) in [4.78, 5) is 16.8. The minimum absolute atomic E-state index is 0.0920. The van der Waals surface area contributed by atoms with Gasteiger partial charge in [0.2, 0.25) is 5.91 Å². The topological polar surface area (TPSA) is 35.6 Å². The Kier molecular flexibility index (Phi) is 4.40. The van der Waals surface area contributed by atoms with Crippen LogP contribution in [0.5, 0.6) is 0 Å². The Morgan fingerprint density at radius 2 is 1.88 bits per heavy atom. The molecule has 1 unspecified atom stereocenters. The lowest BCUT2D eigenvalue weighted by molar-refractivity contribution is -0.136. The normalized spacial score (nSPS) is 27.5. The molecule has 2 fully saturated rings. The lowest BCUT2D eigenvalue weighted by atomic mass is 10.0. The zero-order chi connectivity index (χ0) is 12.3. The van der Waals surface area contributed by atoms with Gasteiger partial charge < -0.3 is 10.2 Å². The predicted octanol–water partition coefficient (Wildman–Crippen LogP) is 0.681. The molecule has 2 heterocycles. The molecule has 4 nitrogen and oxygen atoms in total. The molecule has 0 aromatic heterocycles. The van der Waals surface area contributed by atoms with E-state index in [1.165, 1.54) is 12.8 Å².